The van der Waals surface area contributed by atoms with Gasteiger partial charge in [0.2, 0.25) is 11.7 Å². The van der Waals surface area contributed by atoms with Gasteiger partial charge in [-0.3, -0.25) is 14.4 Å². The van der Waals surface area contributed by atoms with Crippen molar-refractivity contribution in [1.82, 2.24) is 10.3 Å². The molecule has 0 radical (unpaired) electrons. The maximum atomic E-state index is 15.1. The average Bonchev–Trinajstić information content (AvgIpc) is 3.31. The highest BCUT2D eigenvalue weighted by atomic mass is 35.5. The average molecular weight is 522 g/mol. The maximum absolute atomic E-state index is 15.1. The van der Waals surface area contributed by atoms with Gasteiger partial charge in [-0.15, -0.1) is 0 Å². The molecule has 0 aliphatic rings. The highest BCUT2D eigenvalue weighted by molar-refractivity contribution is 6.30. The minimum absolute atomic E-state index is 0.0701. The van der Waals surface area contributed by atoms with Gasteiger partial charge in [0.1, 0.15) is 11.6 Å². The van der Waals surface area contributed by atoms with Crippen molar-refractivity contribution in [1.29, 1.82) is 0 Å². The fourth-order valence-electron chi connectivity index (χ4n) is 4.15. The Balaban J connectivity index is 1.84. The Bertz CT molecular complexity index is 1500. The van der Waals surface area contributed by atoms with Crippen LogP contribution in [-0.4, -0.2) is 22.6 Å². The van der Waals surface area contributed by atoms with Crippen molar-refractivity contribution in [3.63, 3.8) is 0 Å². The molecule has 1 atom stereocenters. The summed E-state index contributed by atoms with van der Waals surface area (Å²) in [5.74, 6) is -3.42. The minimum atomic E-state index is -0.863. The first-order valence-electron chi connectivity index (χ1n) is 11.3. The third-order valence-corrected chi connectivity index (χ3v) is 6.18. The van der Waals surface area contributed by atoms with Gasteiger partial charge >= 0.3 is 0 Å². The summed E-state index contributed by atoms with van der Waals surface area (Å²) in [7, 11) is 0. The number of carbonyl (C=O) groups excluding carboxylic acids is 3. The van der Waals surface area contributed by atoms with Crippen molar-refractivity contribution in [2.45, 2.75) is 19.4 Å². The van der Waals surface area contributed by atoms with Crippen molar-refractivity contribution in [2.24, 2.45) is 5.73 Å². The number of benzene rings is 3. The summed E-state index contributed by atoms with van der Waals surface area (Å²) in [5.41, 5.74) is 5.63. The smallest absolute Gasteiger partial charge is 0.253 e. The first-order valence-corrected chi connectivity index (χ1v) is 11.7. The van der Waals surface area contributed by atoms with Gasteiger partial charge in [0, 0.05) is 27.9 Å². The van der Waals surface area contributed by atoms with E-state index in [1.54, 1.807) is 54.6 Å². The molecule has 0 bridgehead atoms. The lowest BCUT2D eigenvalue weighted by molar-refractivity contribution is -0.118. The van der Waals surface area contributed by atoms with Gasteiger partial charge in [0.05, 0.1) is 23.7 Å². The normalized spacial score (nSPS) is 11.7. The van der Waals surface area contributed by atoms with Crippen LogP contribution < -0.4 is 11.1 Å². The summed E-state index contributed by atoms with van der Waals surface area (Å²) >= 11 is 6.08. The molecule has 37 heavy (non-hydrogen) atoms. The number of rotatable bonds is 8. The SMILES string of the molecule is Cc1c(F)ccc(F)c1-c1c(C(=O)N[C@@H](CC(N)=O)c2cccc(Cl)c2)c[nH]c1C(=O)c1ccccc1. The van der Waals surface area contributed by atoms with Crippen LogP contribution in [-0.2, 0) is 4.79 Å². The number of halogens is 3. The molecule has 9 heteroatoms. The van der Waals surface area contributed by atoms with Crippen LogP contribution in [0.4, 0.5) is 8.78 Å². The second kappa shape index (κ2) is 10.8. The predicted molar refractivity (Wildman–Crippen MR) is 136 cm³/mol. The Morgan fingerprint density at radius 1 is 0.973 bits per heavy atom. The number of amides is 2. The number of nitrogens with two attached hydrogens (primary N) is 1. The molecule has 2 amide bonds. The van der Waals surface area contributed by atoms with E-state index < -0.39 is 35.3 Å². The number of ketones is 1. The van der Waals surface area contributed by atoms with Crippen molar-refractivity contribution in [3.8, 4) is 11.1 Å². The molecule has 0 unspecified atom stereocenters. The number of hydrogen-bond acceptors (Lipinski definition) is 3. The molecule has 4 N–H and O–H groups in total. The van der Waals surface area contributed by atoms with Crippen LogP contribution in [0.5, 0.6) is 0 Å². The fourth-order valence-corrected chi connectivity index (χ4v) is 4.35. The molecule has 0 aliphatic carbocycles. The summed E-state index contributed by atoms with van der Waals surface area (Å²) in [4.78, 5) is 41.4. The molecule has 1 aromatic heterocycles. The molecule has 1 heterocycles. The largest absolute Gasteiger partial charge is 0.370 e. The summed E-state index contributed by atoms with van der Waals surface area (Å²) < 4.78 is 29.7. The lowest BCUT2D eigenvalue weighted by Gasteiger charge is -2.19. The lowest BCUT2D eigenvalue weighted by Crippen LogP contribution is -2.32. The topological polar surface area (TPSA) is 105 Å². The summed E-state index contributed by atoms with van der Waals surface area (Å²) in [6.07, 6.45) is 1.01. The third-order valence-electron chi connectivity index (χ3n) is 5.95. The van der Waals surface area contributed by atoms with Crippen LogP contribution in [0.25, 0.3) is 11.1 Å². The van der Waals surface area contributed by atoms with E-state index in [4.69, 9.17) is 17.3 Å². The molecule has 4 rings (SSSR count). The minimum Gasteiger partial charge on any atom is -0.370 e. The molecule has 6 nitrogen and oxygen atoms in total. The second-order valence-corrected chi connectivity index (χ2v) is 8.86. The standard InChI is InChI=1S/C28H22ClF2N3O3/c1-15-20(30)10-11-21(31)24(15)25-19(14-33-26(25)27(36)16-6-3-2-4-7-16)28(37)34-22(13-23(32)35)17-8-5-9-18(29)12-17/h2-12,14,22,33H,13H2,1H3,(H2,32,35)(H,34,37)/t22-/m0/s1. The van der Waals surface area contributed by atoms with E-state index in [0.29, 0.717) is 10.6 Å². The molecule has 4 aromatic rings. The number of nitrogens with one attached hydrogen (secondary N) is 2. The Labute approximate surface area is 216 Å². The first kappa shape index (κ1) is 25.8. The lowest BCUT2D eigenvalue weighted by atomic mass is 9.92. The molecular formula is C28H22ClF2N3O3. The molecular weight excluding hydrogens is 500 g/mol. The highest BCUT2D eigenvalue weighted by Crippen LogP contribution is 2.35. The molecule has 188 valence electrons. The van der Waals surface area contributed by atoms with E-state index in [9.17, 15) is 18.8 Å². The number of hydrogen-bond donors (Lipinski definition) is 3. The van der Waals surface area contributed by atoms with Gasteiger partial charge in [-0.25, -0.2) is 8.78 Å². The van der Waals surface area contributed by atoms with Crippen LogP contribution >= 0.6 is 11.6 Å². The number of aromatic amines is 1. The zero-order valence-electron chi connectivity index (χ0n) is 19.6. The first-order chi connectivity index (χ1) is 17.7. The molecule has 0 fully saturated rings. The van der Waals surface area contributed by atoms with E-state index in [0.717, 1.165) is 12.1 Å². The van der Waals surface area contributed by atoms with Crippen LogP contribution in [0, 0.1) is 18.6 Å². The van der Waals surface area contributed by atoms with E-state index >= 15 is 4.39 Å². The molecule has 0 saturated carbocycles. The zero-order valence-corrected chi connectivity index (χ0v) is 20.4. The van der Waals surface area contributed by atoms with E-state index in [-0.39, 0.29) is 39.9 Å². The van der Waals surface area contributed by atoms with E-state index in [1.807, 2.05) is 0 Å². The van der Waals surface area contributed by atoms with Crippen molar-refractivity contribution in [3.05, 3.63) is 118 Å². The van der Waals surface area contributed by atoms with E-state index in [2.05, 4.69) is 10.3 Å². The predicted octanol–water partition coefficient (Wildman–Crippen LogP) is 5.50. The third kappa shape index (κ3) is 5.44. The number of aromatic nitrogens is 1. The second-order valence-electron chi connectivity index (χ2n) is 8.43. The molecule has 0 aliphatic heterocycles. The van der Waals surface area contributed by atoms with Crippen LogP contribution in [0.15, 0.2) is 72.9 Å². The number of primary amides is 1. The van der Waals surface area contributed by atoms with Gasteiger partial charge in [-0.2, -0.15) is 0 Å². The van der Waals surface area contributed by atoms with Crippen molar-refractivity contribution >= 4 is 29.2 Å². The maximum Gasteiger partial charge on any atom is 0.253 e. The quantitative estimate of drug-likeness (QED) is 0.267. The highest BCUT2D eigenvalue weighted by Gasteiger charge is 2.29. The van der Waals surface area contributed by atoms with Gasteiger partial charge < -0.3 is 16.0 Å². The summed E-state index contributed by atoms with van der Waals surface area (Å²) in [6, 6.07) is 15.8. The Morgan fingerprint density at radius 2 is 1.68 bits per heavy atom. The van der Waals surface area contributed by atoms with Gasteiger partial charge in [0.15, 0.2) is 0 Å². The zero-order chi connectivity index (χ0) is 26.7. The van der Waals surface area contributed by atoms with Gasteiger partial charge in [-0.05, 0) is 42.3 Å². The van der Waals surface area contributed by atoms with Gasteiger partial charge in [0.25, 0.3) is 5.91 Å². The summed E-state index contributed by atoms with van der Waals surface area (Å²) in [6.45, 7) is 1.36. The molecule has 0 spiro atoms. The molecule has 3 aromatic carbocycles. The Morgan fingerprint density at radius 3 is 2.35 bits per heavy atom. The number of H-pyrrole nitrogens is 1. The monoisotopic (exact) mass is 521 g/mol. The van der Waals surface area contributed by atoms with Crippen molar-refractivity contribution in [2.75, 3.05) is 0 Å². The van der Waals surface area contributed by atoms with Crippen LogP contribution in [0.3, 0.4) is 0 Å². The summed E-state index contributed by atoms with van der Waals surface area (Å²) in [5, 5.41) is 3.10. The Hall–Kier alpha value is -4.30. The van der Waals surface area contributed by atoms with Crippen molar-refractivity contribution < 1.29 is 23.2 Å². The van der Waals surface area contributed by atoms with E-state index in [1.165, 1.54) is 13.1 Å². The van der Waals surface area contributed by atoms with Crippen LogP contribution in [0.1, 0.15) is 50.0 Å². The van der Waals surface area contributed by atoms with Gasteiger partial charge in [-0.1, -0.05) is 54.1 Å². The Kier molecular flexibility index (Phi) is 7.50. The van der Waals surface area contributed by atoms with Crippen LogP contribution in [0.2, 0.25) is 5.02 Å². The number of carbonyl (C=O) groups is 3. The fraction of sp³-hybridized carbons (Fsp3) is 0.107. The molecule has 0 saturated heterocycles.